The molecule has 21 heavy (non-hydrogen) atoms. The van der Waals surface area contributed by atoms with Crippen LogP contribution in [0.3, 0.4) is 0 Å². The van der Waals surface area contributed by atoms with Crippen LogP contribution in [0, 0.1) is 0 Å². The number of aryl methyl sites for hydroxylation is 1. The van der Waals surface area contributed by atoms with Crippen molar-refractivity contribution < 1.29 is 9.32 Å². The molecule has 0 bridgehead atoms. The molecule has 9 heteroatoms. The molecule has 2 rings (SSSR count). The van der Waals surface area contributed by atoms with Crippen LogP contribution in [0.1, 0.15) is 44.3 Å². The summed E-state index contributed by atoms with van der Waals surface area (Å²) in [4.78, 5) is 15.9. The van der Waals surface area contributed by atoms with Gasteiger partial charge in [-0.05, 0) is 16.8 Å². The van der Waals surface area contributed by atoms with Crippen LogP contribution in [-0.4, -0.2) is 42.8 Å². The van der Waals surface area contributed by atoms with Crippen molar-refractivity contribution in [2.24, 2.45) is 0 Å². The van der Waals surface area contributed by atoms with Gasteiger partial charge in [0.2, 0.25) is 11.8 Å². The van der Waals surface area contributed by atoms with Crippen molar-refractivity contribution in [3.05, 3.63) is 18.0 Å². The lowest BCUT2D eigenvalue weighted by Crippen LogP contribution is -2.26. The lowest BCUT2D eigenvalue weighted by molar-refractivity contribution is -0.121. The van der Waals surface area contributed by atoms with Crippen LogP contribution in [0.2, 0.25) is 0 Å². The number of tetrazole rings is 1. The minimum absolute atomic E-state index is 0.00403. The number of carbonyl (C=O) groups excluding carboxylic acids is 1. The maximum atomic E-state index is 11.6. The molecular weight excluding hydrogens is 274 g/mol. The lowest BCUT2D eigenvalue weighted by Gasteiger charge is -2.03. The van der Waals surface area contributed by atoms with Crippen molar-refractivity contribution in [2.75, 3.05) is 6.54 Å². The van der Waals surface area contributed by atoms with E-state index in [-0.39, 0.29) is 11.8 Å². The molecule has 114 valence electrons. The number of nitrogens with one attached hydrogen (secondary N) is 1. The van der Waals surface area contributed by atoms with E-state index in [9.17, 15) is 4.79 Å². The Kier molecular flexibility index (Phi) is 5.35. The molecule has 0 unspecified atom stereocenters. The van der Waals surface area contributed by atoms with E-state index in [2.05, 4.69) is 31.0 Å². The van der Waals surface area contributed by atoms with Crippen molar-refractivity contribution in [1.82, 2.24) is 35.7 Å². The van der Waals surface area contributed by atoms with Gasteiger partial charge in [-0.15, -0.1) is 5.10 Å². The topological polar surface area (TPSA) is 112 Å². The Morgan fingerprint density at radius 2 is 2.33 bits per heavy atom. The fraction of sp³-hybridized carbons (Fsp3) is 0.667. The molecule has 2 aromatic rings. The highest BCUT2D eigenvalue weighted by Gasteiger charge is 2.09. The Labute approximate surface area is 122 Å². The second-order valence-electron chi connectivity index (χ2n) is 4.98. The summed E-state index contributed by atoms with van der Waals surface area (Å²) in [5, 5.41) is 17.5. The fourth-order valence-electron chi connectivity index (χ4n) is 1.69. The summed E-state index contributed by atoms with van der Waals surface area (Å²) in [6, 6.07) is 0. The first-order chi connectivity index (χ1) is 10.1. The molecule has 0 aliphatic rings. The van der Waals surface area contributed by atoms with Gasteiger partial charge in [-0.25, -0.2) is 4.68 Å². The summed E-state index contributed by atoms with van der Waals surface area (Å²) < 4.78 is 6.69. The van der Waals surface area contributed by atoms with Crippen LogP contribution in [0.15, 0.2) is 10.9 Å². The predicted molar refractivity (Wildman–Crippen MR) is 72.2 cm³/mol. The Hall–Kier alpha value is -2.32. The predicted octanol–water partition coefficient (Wildman–Crippen LogP) is 0.319. The third-order valence-electron chi connectivity index (χ3n) is 2.83. The number of hydrogen-bond acceptors (Lipinski definition) is 7. The molecule has 0 saturated carbocycles. The Morgan fingerprint density at radius 3 is 3.00 bits per heavy atom. The van der Waals surface area contributed by atoms with Crippen LogP contribution >= 0.6 is 0 Å². The Bertz CT molecular complexity index is 550. The van der Waals surface area contributed by atoms with Gasteiger partial charge in [0.05, 0.1) is 0 Å². The summed E-state index contributed by atoms with van der Waals surface area (Å²) in [6.07, 6.45) is 3.22. The van der Waals surface area contributed by atoms with Gasteiger partial charge in [-0.1, -0.05) is 19.0 Å². The third-order valence-corrected chi connectivity index (χ3v) is 2.83. The normalized spacial score (nSPS) is 11.0. The van der Waals surface area contributed by atoms with Crippen molar-refractivity contribution in [1.29, 1.82) is 0 Å². The van der Waals surface area contributed by atoms with Crippen LogP contribution in [0.25, 0.3) is 0 Å². The largest absolute Gasteiger partial charge is 0.356 e. The lowest BCUT2D eigenvalue weighted by atomic mass is 10.2. The second-order valence-corrected chi connectivity index (χ2v) is 4.98. The Morgan fingerprint density at radius 1 is 1.48 bits per heavy atom. The van der Waals surface area contributed by atoms with E-state index in [0.717, 1.165) is 0 Å². The van der Waals surface area contributed by atoms with Crippen LogP contribution in [-0.2, 0) is 17.8 Å². The van der Waals surface area contributed by atoms with Gasteiger partial charge >= 0.3 is 0 Å². The highest BCUT2D eigenvalue weighted by atomic mass is 16.5. The molecule has 0 aromatic carbocycles. The number of aromatic nitrogens is 6. The Balaban J connectivity index is 1.60. The highest BCUT2D eigenvalue weighted by Crippen LogP contribution is 2.10. The van der Waals surface area contributed by atoms with Gasteiger partial charge in [-0.2, -0.15) is 4.98 Å². The third kappa shape index (κ3) is 4.93. The van der Waals surface area contributed by atoms with Crippen LogP contribution in [0.5, 0.6) is 0 Å². The molecule has 2 heterocycles. The van der Waals surface area contributed by atoms with Crippen molar-refractivity contribution in [3.8, 4) is 0 Å². The molecule has 9 nitrogen and oxygen atoms in total. The number of rotatable bonds is 8. The van der Waals surface area contributed by atoms with Gasteiger partial charge in [0.15, 0.2) is 5.82 Å². The summed E-state index contributed by atoms with van der Waals surface area (Å²) in [6.45, 7) is 5.11. The van der Waals surface area contributed by atoms with Gasteiger partial charge in [-0.3, -0.25) is 4.79 Å². The number of nitrogens with zero attached hydrogens (tertiary/aromatic N) is 6. The molecule has 0 saturated heterocycles. The van der Waals surface area contributed by atoms with Crippen LogP contribution < -0.4 is 5.32 Å². The molecule has 1 N–H and O–H groups in total. The number of amides is 1. The molecular formula is C12H19N7O2. The SMILES string of the molecule is CC(C)c1nc(CCNC(=O)CCCn2cnnn2)no1. The molecule has 0 spiro atoms. The summed E-state index contributed by atoms with van der Waals surface area (Å²) >= 11 is 0. The molecule has 0 radical (unpaired) electrons. The number of carbonyl (C=O) groups is 1. The monoisotopic (exact) mass is 293 g/mol. The zero-order valence-electron chi connectivity index (χ0n) is 12.2. The van der Waals surface area contributed by atoms with Gasteiger partial charge in [0.25, 0.3) is 0 Å². The fourth-order valence-corrected chi connectivity index (χ4v) is 1.69. The van der Waals surface area contributed by atoms with E-state index in [4.69, 9.17) is 4.52 Å². The summed E-state index contributed by atoms with van der Waals surface area (Å²) in [7, 11) is 0. The van der Waals surface area contributed by atoms with Gasteiger partial charge in [0.1, 0.15) is 6.33 Å². The zero-order chi connectivity index (χ0) is 15.1. The van der Waals surface area contributed by atoms with Crippen molar-refractivity contribution in [2.45, 2.75) is 45.6 Å². The van der Waals surface area contributed by atoms with Crippen LogP contribution in [0.4, 0.5) is 0 Å². The minimum atomic E-state index is -0.00403. The van der Waals surface area contributed by atoms with E-state index in [1.807, 2.05) is 13.8 Å². The molecule has 2 aromatic heterocycles. The summed E-state index contributed by atoms with van der Waals surface area (Å²) in [5.41, 5.74) is 0. The second kappa shape index (κ2) is 7.46. The average Bonchev–Trinajstić information content (AvgIpc) is 3.09. The molecule has 0 aliphatic heterocycles. The molecule has 0 atom stereocenters. The quantitative estimate of drug-likeness (QED) is 0.745. The van der Waals surface area contributed by atoms with E-state index >= 15 is 0 Å². The van der Waals surface area contributed by atoms with Crippen molar-refractivity contribution >= 4 is 5.91 Å². The minimum Gasteiger partial charge on any atom is -0.356 e. The summed E-state index contributed by atoms with van der Waals surface area (Å²) in [5.74, 6) is 1.45. The first-order valence-corrected chi connectivity index (χ1v) is 6.95. The maximum absolute atomic E-state index is 11.6. The van der Waals surface area contributed by atoms with E-state index in [0.29, 0.717) is 44.1 Å². The molecule has 0 fully saturated rings. The standard InChI is InChI=1S/C12H19N7O2/c1-9(2)12-15-10(16-21-12)5-6-13-11(20)4-3-7-19-8-14-17-18-19/h8-9H,3-7H2,1-2H3,(H,13,20). The van der Waals surface area contributed by atoms with Crippen molar-refractivity contribution in [3.63, 3.8) is 0 Å². The van der Waals surface area contributed by atoms with E-state index in [1.54, 1.807) is 4.68 Å². The average molecular weight is 293 g/mol. The smallest absolute Gasteiger partial charge is 0.229 e. The maximum Gasteiger partial charge on any atom is 0.229 e. The van der Waals surface area contributed by atoms with E-state index < -0.39 is 0 Å². The van der Waals surface area contributed by atoms with Gasteiger partial charge in [0, 0.05) is 31.8 Å². The zero-order valence-corrected chi connectivity index (χ0v) is 12.2. The first kappa shape index (κ1) is 15.1. The van der Waals surface area contributed by atoms with Gasteiger partial charge < -0.3 is 9.84 Å². The van der Waals surface area contributed by atoms with E-state index in [1.165, 1.54) is 6.33 Å². The number of hydrogen-bond donors (Lipinski definition) is 1. The molecule has 1 amide bonds. The highest BCUT2D eigenvalue weighted by molar-refractivity contribution is 5.75. The molecule has 0 aliphatic carbocycles. The first-order valence-electron chi connectivity index (χ1n) is 6.95.